The number of benzene rings is 2. The molecule has 0 saturated carbocycles. The third-order valence-corrected chi connectivity index (χ3v) is 3.68. The molecule has 2 rings (SSSR count). The number of anilines is 1. The number of unbranched alkanes of at least 4 members (excludes halogenated alkanes) is 1. The van der Waals surface area contributed by atoms with Gasteiger partial charge in [0.2, 0.25) is 5.91 Å². The first-order valence-electron chi connectivity index (χ1n) is 8.25. The molecule has 1 amide bonds. The molecule has 0 spiro atoms. The van der Waals surface area contributed by atoms with Gasteiger partial charge in [-0.1, -0.05) is 43.2 Å². The molecule has 0 bridgehead atoms. The minimum Gasteiger partial charge on any atom is -0.493 e. The van der Waals surface area contributed by atoms with Crippen molar-refractivity contribution in [1.29, 1.82) is 0 Å². The monoisotopic (exact) mass is 311 g/mol. The molecule has 0 saturated heterocycles. The predicted molar refractivity (Wildman–Crippen MR) is 95.0 cm³/mol. The number of carbonyl (C=O) groups is 1. The highest BCUT2D eigenvalue weighted by Gasteiger charge is 2.03. The Labute approximate surface area is 138 Å². The van der Waals surface area contributed by atoms with Crippen LogP contribution < -0.4 is 10.1 Å². The average molecular weight is 311 g/mol. The molecule has 1 N–H and O–H groups in total. The van der Waals surface area contributed by atoms with Crippen LogP contribution in [0.25, 0.3) is 0 Å². The average Bonchev–Trinajstić information content (AvgIpc) is 2.56. The molecule has 0 fully saturated rings. The fourth-order valence-corrected chi connectivity index (χ4v) is 2.26. The Morgan fingerprint density at radius 3 is 2.39 bits per heavy atom. The lowest BCUT2D eigenvalue weighted by Gasteiger charge is -2.08. The minimum atomic E-state index is -0.0292. The highest BCUT2D eigenvalue weighted by molar-refractivity contribution is 5.90. The third kappa shape index (κ3) is 6.15. The largest absolute Gasteiger partial charge is 0.493 e. The first kappa shape index (κ1) is 17.1. The van der Waals surface area contributed by atoms with Gasteiger partial charge >= 0.3 is 0 Å². The van der Waals surface area contributed by atoms with Crippen molar-refractivity contribution in [2.24, 2.45) is 0 Å². The van der Waals surface area contributed by atoms with Gasteiger partial charge in [0.25, 0.3) is 0 Å². The topological polar surface area (TPSA) is 38.3 Å². The van der Waals surface area contributed by atoms with Gasteiger partial charge < -0.3 is 10.1 Å². The summed E-state index contributed by atoms with van der Waals surface area (Å²) in [6.07, 6.45) is 3.82. The van der Waals surface area contributed by atoms with E-state index in [1.807, 2.05) is 43.3 Å². The SMILES string of the molecule is CCCCc1ccc(NC(=O)CCOc2ccc(C)cc2)cc1. The lowest BCUT2D eigenvalue weighted by Crippen LogP contribution is -2.15. The Balaban J connectivity index is 1.72. The van der Waals surface area contributed by atoms with Crippen LogP contribution in [0.1, 0.15) is 37.3 Å². The molecule has 3 nitrogen and oxygen atoms in total. The number of hydrogen-bond donors (Lipinski definition) is 1. The van der Waals surface area contributed by atoms with Gasteiger partial charge in [0.15, 0.2) is 0 Å². The number of amides is 1. The second-order valence-corrected chi connectivity index (χ2v) is 5.76. The maximum Gasteiger partial charge on any atom is 0.227 e. The van der Waals surface area contributed by atoms with Crippen LogP contribution in [0, 0.1) is 6.92 Å². The van der Waals surface area contributed by atoms with Crippen LogP contribution in [0.2, 0.25) is 0 Å². The minimum absolute atomic E-state index is 0.0292. The van der Waals surface area contributed by atoms with Gasteiger partial charge in [0, 0.05) is 5.69 Å². The maximum atomic E-state index is 11.9. The molecule has 122 valence electrons. The zero-order valence-corrected chi connectivity index (χ0v) is 14.0. The summed E-state index contributed by atoms with van der Waals surface area (Å²) in [5.41, 5.74) is 3.34. The summed E-state index contributed by atoms with van der Waals surface area (Å²) in [6, 6.07) is 15.9. The Hall–Kier alpha value is -2.29. The van der Waals surface area contributed by atoms with Gasteiger partial charge in [0.1, 0.15) is 5.75 Å². The molecule has 2 aromatic carbocycles. The van der Waals surface area contributed by atoms with Crippen LogP contribution >= 0.6 is 0 Å². The summed E-state index contributed by atoms with van der Waals surface area (Å²) in [5.74, 6) is 0.766. The molecule has 0 unspecified atom stereocenters. The van der Waals surface area contributed by atoms with Crippen molar-refractivity contribution in [2.75, 3.05) is 11.9 Å². The van der Waals surface area contributed by atoms with E-state index in [1.165, 1.54) is 24.0 Å². The van der Waals surface area contributed by atoms with Crippen molar-refractivity contribution in [3.8, 4) is 5.75 Å². The van der Waals surface area contributed by atoms with E-state index >= 15 is 0 Å². The van der Waals surface area contributed by atoms with E-state index in [0.717, 1.165) is 17.9 Å². The second kappa shape index (κ2) is 8.99. The molecule has 0 aliphatic rings. The van der Waals surface area contributed by atoms with E-state index in [0.29, 0.717) is 13.0 Å². The van der Waals surface area contributed by atoms with E-state index < -0.39 is 0 Å². The van der Waals surface area contributed by atoms with Crippen LogP contribution in [0.15, 0.2) is 48.5 Å². The molecular formula is C20H25NO2. The molecule has 3 heteroatoms. The van der Waals surface area contributed by atoms with Crippen LogP contribution in [0.4, 0.5) is 5.69 Å². The predicted octanol–water partition coefficient (Wildman–Crippen LogP) is 4.75. The van der Waals surface area contributed by atoms with Crippen molar-refractivity contribution in [3.05, 3.63) is 59.7 Å². The molecule has 0 heterocycles. The van der Waals surface area contributed by atoms with Crippen molar-refractivity contribution in [3.63, 3.8) is 0 Å². The lowest BCUT2D eigenvalue weighted by atomic mass is 10.1. The van der Waals surface area contributed by atoms with Gasteiger partial charge in [0.05, 0.1) is 13.0 Å². The number of aryl methyl sites for hydroxylation is 2. The Bertz CT molecular complexity index is 603. The van der Waals surface area contributed by atoms with Crippen molar-refractivity contribution >= 4 is 11.6 Å². The number of ether oxygens (including phenoxy) is 1. The van der Waals surface area contributed by atoms with Crippen LogP contribution in [0.3, 0.4) is 0 Å². The molecular weight excluding hydrogens is 286 g/mol. The zero-order valence-electron chi connectivity index (χ0n) is 14.0. The van der Waals surface area contributed by atoms with Crippen LogP contribution in [-0.2, 0) is 11.2 Å². The third-order valence-electron chi connectivity index (χ3n) is 3.68. The van der Waals surface area contributed by atoms with Gasteiger partial charge in [-0.15, -0.1) is 0 Å². The number of carbonyl (C=O) groups excluding carboxylic acids is 1. The molecule has 0 radical (unpaired) electrons. The second-order valence-electron chi connectivity index (χ2n) is 5.76. The number of nitrogens with one attached hydrogen (secondary N) is 1. The number of hydrogen-bond acceptors (Lipinski definition) is 2. The molecule has 2 aromatic rings. The maximum absolute atomic E-state index is 11.9. The van der Waals surface area contributed by atoms with E-state index in [-0.39, 0.29) is 5.91 Å². The Morgan fingerprint density at radius 2 is 1.74 bits per heavy atom. The molecule has 0 aromatic heterocycles. The van der Waals surface area contributed by atoms with Gasteiger partial charge in [-0.25, -0.2) is 0 Å². The lowest BCUT2D eigenvalue weighted by molar-refractivity contribution is -0.116. The fourth-order valence-electron chi connectivity index (χ4n) is 2.26. The van der Waals surface area contributed by atoms with E-state index in [4.69, 9.17) is 4.74 Å². The first-order valence-corrected chi connectivity index (χ1v) is 8.25. The number of rotatable bonds is 8. The smallest absolute Gasteiger partial charge is 0.227 e. The van der Waals surface area contributed by atoms with Crippen molar-refractivity contribution < 1.29 is 9.53 Å². The van der Waals surface area contributed by atoms with Crippen LogP contribution in [-0.4, -0.2) is 12.5 Å². The van der Waals surface area contributed by atoms with Crippen molar-refractivity contribution in [1.82, 2.24) is 0 Å². The first-order chi connectivity index (χ1) is 11.2. The van der Waals surface area contributed by atoms with Crippen LogP contribution in [0.5, 0.6) is 5.75 Å². The molecule has 23 heavy (non-hydrogen) atoms. The fraction of sp³-hybridized carbons (Fsp3) is 0.350. The van der Waals surface area contributed by atoms with E-state index in [2.05, 4.69) is 24.4 Å². The van der Waals surface area contributed by atoms with Gasteiger partial charge in [-0.2, -0.15) is 0 Å². The molecule has 0 aliphatic heterocycles. The van der Waals surface area contributed by atoms with E-state index in [1.54, 1.807) is 0 Å². The summed E-state index contributed by atoms with van der Waals surface area (Å²) in [4.78, 5) is 11.9. The quantitative estimate of drug-likeness (QED) is 0.764. The Morgan fingerprint density at radius 1 is 1.04 bits per heavy atom. The summed E-state index contributed by atoms with van der Waals surface area (Å²) in [7, 11) is 0. The highest BCUT2D eigenvalue weighted by Crippen LogP contribution is 2.13. The highest BCUT2D eigenvalue weighted by atomic mass is 16.5. The Kier molecular flexibility index (Phi) is 6.67. The standard InChI is InChI=1S/C20H25NO2/c1-3-4-5-17-8-10-18(11-9-17)21-20(22)14-15-23-19-12-6-16(2)7-13-19/h6-13H,3-5,14-15H2,1-2H3,(H,21,22). The summed E-state index contributed by atoms with van der Waals surface area (Å²) in [6.45, 7) is 4.60. The van der Waals surface area contributed by atoms with Gasteiger partial charge in [-0.3, -0.25) is 4.79 Å². The summed E-state index contributed by atoms with van der Waals surface area (Å²) >= 11 is 0. The molecule has 0 atom stereocenters. The zero-order chi connectivity index (χ0) is 16.5. The van der Waals surface area contributed by atoms with E-state index in [9.17, 15) is 4.79 Å². The van der Waals surface area contributed by atoms with Gasteiger partial charge in [-0.05, 0) is 49.6 Å². The normalized spacial score (nSPS) is 10.3. The van der Waals surface area contributed by atoms with Crippen molar-refractivity contribution in [2.45, 2.75) is 39.5 Å². The molecule has 0 aliphatic carbocycles. The summed E-state index contributed by atoms with van der Waals surface area (Å²) < 4.78 is 5.57. The summed E-state index contributed by atoms with van der Waals surface area (Å²) in [5, 5.41) is 2.90.